The Morgan fingerprint density at radius 1 is 1.59 bits per heavy atom. The average molecular weight is 233 g/mol. The van der Waals surface area contributed by atoms with Gasteiger partial charge in [0.15, 0.2) is 6.10 Å². The van der Waals surface area contributed by atoms with Gasteiger partial charge in [-0.1, -0.05) is 12.1 Å². The summed E-state index contributed by atoms with van der Waals surface area (Å²) in [5, 5.41) is 0. The highest BCUT2D eigenvalue weighted by Crippen LogP contribution is 2.16. The molecule has 0 spiro atoms. The van der Waals surface area contributed by atoms with Crippen molar-refractivity contribution in [2.75, 3.05) is 6.61 Å². The van der Waals surface area contributed by atoms with Crippen molar-refractivity contribution in [2.24, 2.45) is 0 Å². The molecule has 0 aliphatic carbocycles. The maximum absolute atomic E-state index is 11.5. The van der Waals surface area contributed by atoms with Crippen molar-refractivity contribution in [1.29, 1.82) is 0 Å². The summed E-state index contributed by atoms with van der Waals surface area (Å²) in [4.78, 5) is 11.5. The van der Waals surface area contributed by atoms with Crippen molar-refractivity contribution >= 4 is 18.9 Å². The smallest absolute Gasteiger partial charge is 0.347 e. The minimum absolute atomic E-state index is 0.356. The Balaban J connectivity index is 2.09. The van der Waals surface area contributed by atoms with Crippen LogP contribution >= 0.6 is 0 Å². The summed E-state index contributed by atoms with van der Waals surface area (Å²) in [5.41, 5.74) is 1.97. The van der Waals surface area contributed by atoms with E-state index in [1.54, 1.807) is 21.3 Å². The van der Waals surface area contributed by atoms with E-state index in [1.807, 2.05) is 18.2 Å². The molecule has 1 aliphatic heterocycles. The van der Waals surface area contributed by atoms with E-state index in [9.17, 15) is 4.79 Å². The van der Waals surface area contributed by atoms with Gasteiger partial charge in [-0.15, -0.1) is 0 Å². The molecule has 4 nitrogen and oxygen atoms in total. The number of esters is 1. The average Bonchev–Trinajstić information content (AvgIpc) is 2.78. The zero-order valence-corrected chi connectivity index (χ0v) is 9.93. The van der Waals surface area contributed by atoms with Crippen LogP contribution in [0, 0.1) is 0 Å². The van der Waals surface area contributed by atoms with Gasteiger partial charge >= 0.3 is 13.5 Å². The molecule has 1 radical (unpaired) electrons. The molecule has 1 atom stereocenters. The number of ether oxygens (including phenoxy) is 2. The van der Waals surface area contributed by atoms with Gasteiger partial charge in [0, 0.05) is 0 Å². The summed E-state index contributed by atoms with van der Waals surface area (Å²) in [6.07, 6.45) is -0.615. The minimum Gasteiger partial charge on any atom is -0.480 e. The zero-order valence-electron chi connectivity index (χ0n) is 9.93. The van der Waals surface area contributed by atoms with Crippen LogP contribution in [0.1, 0.15) is 19.4 Å². The van der Waals surface area contributed by atoms with Gasteiger partial charge in [-0.05, 0) is 30.9 Å². The summed E-state index contributed by atoms with van der Waals surface area (Å²) in [6, 6.07) is 5.68. The van der Waals surface area contributed by atoms with E-state index in [1.165, 1.54) is 0 Å². The van der Waals surface area contributed by atoms with Crippen molar-refractivity contribution in [3.05, 3.63) is 23.8 Å². The summed E-state index contributed by atoms with van der Waals surface area (Å²) < 4.78 is 15.7. The number of hydrogen-bond donors (Lipinski definition) is 0. The highest BCUT2D eigenvalue weighted by atomic mass is 16.6. The lowest BCUT2D eigenvalue weighted by molar-refractivity contribution is -0.150. The quantitative estimate of drug-likeness (QED) is 0.569. The molecule has 0 aromatic heterocycles. The van der Waals surface area contributed by atoms with Crippen molar-refractivity contribution in [3.8, 4) is 5.75 Å². The molecule has 89 valence electrons. The first-order valence-corrected chi connectivity index (χ1v) is 5.62. The summed E-state index contributed by atoms with van der Waals surface area (Å²) in [5.74, 6) is 0.296. The predicted molar refractivity (Wildman–Crippen MR) is 63.3 cm³/mol. The first-order valence-electron chi connectivity index (χ1n) is 5.62. The molecule has 1 heterocycles. The van der Waals surface area contributed by atoms with Crippen LogP contribution in [-0.4, -0.2) is 26.2 Å². The van der Waals surface area contributed by atoms with Crippen LogP contribution in [0.5, 0.6) is 5.75 Å². The van der Waals surface area contributed by atoms with Crippen LogP contribution in [0.25, 0.3) is 0 Å². The van der Waals surface area contributed by atoms with E-state index in [0.29, 0.717) is 19.0 Å². The Morgan fingerprint density at radius 2 is 2.41 bits per heavy atom. The molecule has 0 amide bonds. The van der Waals surface area contributed by atoms with Crippen molar-refractivity contribution < 1.29 is 18.9 Å². The monoisotopic (exact) mass is 233 g/mol. The van der Waals surface area contributed by atoms with E-state index in [0.717, 1.165) is 11.0 Å². The number of carbonyl (C=O) groups excluding carboxylic acids is 1. The second-order valence-electron chi connectivity index (χ2n) is 3.77. The molecule has 0 bridgehead atoms. The van der Waals surface area contributed by atoms with Crippen LogP contribution < -0.4 is 10.2 Å². The van der Waals surface area contributed by atoms with Gasteiger partial charge in [0.1, 0.15) is 5.75 Å². The second kappa shape index (κ2) is 5.23. The molecule has 1 aromatic rings. The molecule has 5 heteroatoms. The van der Waals surface area contributed by atoms with Crippen LogP contribution in [0.4, 0.5) is 0 Å². The van der Waals surface area contributed by atoms with Gasteiger partial charge in [-0.2, -0.15) is 0 Å². The maximum Gasteiger partial charge on any atom is 0.347 e. The second-order valence-corrected chi connectivity index (χ2v) is 3.77. The van der Waals surface area contributed by atoms with Gasteiger partial charge in [0.25, 0.3) is 0 Å². The molecule has 0 N–H and O–H groups in total. The van der Waals surface area contributed by atoms with Crippen molar-refractivity contribution in [2.45, 2.75) is 26.6 Å². The molecular weight excluding hydrogens is 219 g/mol. The van der Waals surface area contributed by atoms with E-state index in [2.05, 4.69) is 0 Å². The van der Waals surface area contributed by atoms with Gasteiger partial charge < -0.3 is 14.1 Å². The van der Waals surface area contributed by atoms with Gasteiger partial charge in [0.05, 0.1) is 13.2 Å². The predicted octanol–water partition coefficient (Wildman–Crippen LogP) is 0.792. The number of rotatable bonds is 4. The summed E-state index contributed by atoms with van der Waals surface area (Å²) in [7, 11) is 1.66. The Kier molecular flexibility index (Phi) is 3.69. The fraction of sp³-hybridized carbons (Fsp3) is 0.417. The topological polar surface area (TPSA) is 44.8 Å². The minimum atomic E-state index is -0.615. The number of hydrogen-bond acceptors (Lipinski definition) is 4. The third-order valence-corrected chi connectivity index (χ3v) is 2.52. The summed E-state index contributed by atoms with van der Waals surface area (Å²) in [6.45, 7) is 4.36. The Bertz CT molecular complexity index is 419. The Hall–Kier alpha value is -1.49. The molecule has 0 saturated heterocycles. The third-order valence-electron chi connectivity index (χ3n) is 2.52. The molecule has 2 rings (SSSR count). The van der Waals surface area contributed by atoms with Gasteiger partial charge in [-0.25, -0.2) is 4.79 Å². The standard InChI is InChI=1S/C12H14BO4/c1-3-15-12(14)8(2)17-10-6-4-5-9-7-16-13-11(9)10/h4-6,8H,3,7H2,1-2H3. The molecule has 1 aromatic carbocycles. The lowest BCUT2D eigenvalue weighted by Crippen LogP contribution is -2.29. The molecule has 0 saturated carbocycles. The Labute approximate surface area is 101 Å². The number of carbonyl (C=O) groups is 1. The lowest BCUT2D eigenvalue weighted by atomic mass is 9.86. The SMILES string of the molecule is CCOC(=O)C(C)Oc1cccc2c1[B]OC2. The maximum atomic E-state index is 11.5. The van der Waals surface area contributed by atoms with Gasteiger partial charge in [0.2, 0.25) is 0 Å². The summed E-state index contributed by atoms with van der Waals surface area (Å²) >= 11 is 0. The largest absolute Gasteiger partial charge is 0.480 e. The molecule has 1 unspecified atom stereocenters. The Morgan fingerprint density at radius 3 is 3.18 bits per heavy atom. The normalized spacial score (nSPS) is 14.7. The highest BCUT2D eigenvalue weighted by molar-refractivity contribution is 6.50. The van der Waals surface area contributed by atoms with Crippen LogP contribution in [0.15, 0.2) is 18.2 Å². The third kappa shape index (κ3) is 2.61. The van der Waals surface area contributed by atoms with E-state index in [-0.39, 0.29) is 5.97 Å². The lowest BCUT2D eigenvalue weighted by Gasteiger charge is -2.15. The molecule has 0 fully saturated rings. The molecular formula is C12H14BO4. The van der Waals surface area contributed by atoms with E-state index >= 15 is 0 Å². The fourth-order valence-electron chi connectivity index (χ4n) is 1.66. The van der Waals surface area contributed by atoms with Crippen LogP contribution in [0.2, 0.25) is 0 Å². The highest BCUT2D eigenvalue weighted by Gasteiger charge is 2.22. The first-order chi connectivity index (χ1) is 8.22. The number of benzene rings is 1. The fourth-order valence-corrected chi connectivity index (χ4v) is 1.66. The zero-order chi connectivity index (χ0) is 12.3. The van der Waals surface area contributed by atoms with Crippen LogP contribution in [0.3, 0.4) is 0 Å². The van der Waals surface area contributed by atoms with Crippen LogP contribution in [-0.2, 0) is 20.8 Å². The van der Waals surface area contributed by atoms with Crippen molar-refractivity contribution in [3.63, 3.8) is 0 Å². The molecule has 17 heavy (non-hydrogen) atoms. The van der Waals surface area contributed by atoms with Crippen molar-refractivity contribution in [1.82, 2.24) is 0 Å². The number of fused-ring (bicyclic) bond motifs is 1. The van der Waals surface area contributed by atoms with Gasteiger partial charge in [-0.3, -0.25) is 0 Å². The molecule has 1 aliphatic rings. The first kappa shape index (κ1) is 12.0. The van der Waals surface area contributed by atoms with E-state index in [4.69, 9.17) is 14.1 Å². The van der Waals surface area contributed by atoms with E-state index < -0.39 is 6.10 Å².